The number of unbranched alkanes of at least 4 members (excludes halogenated alkanes) is 46. The number of allylic oxidation sites excluding steroid dienone is 7. The van der Waals surface area contributed by atoms with Crippen LogP contribution < -0.4 is 5.32 Å². The molecule has 0 aromatic heterocycles. The number of nitrogens with one attached hydrogen (secondary N) is 1. The van der Waals surface area contributed by atoms with Gasteiger partial charge in [0.2, 0.25) is 5.91 Å². The smallest absolute Gasteiger partial charge is 0.306 e. The van der Waals surface area contributed by atoms with Crippen LogP contribution in [0.15, 0.2) is 48.6 Å². The van der Waals surface area contributed by atoms with Gasteiger partial charge in [0.05, 0.1) is 25.4 Å². The number of carbonyl (C=O) groups excluding carboxylic acids is 2. The van der Waals surface area contributed by atoms with E-state index in [1.807, 2.05) is 6.08 Å². The van der Waals surface area contributed by atoms with Crippen molar-refractivity contribution in [3.05, 3.63) is 48.6 Å². The van der Waals surface area contributed by atoms with Crippen molar-refractivity contribution < 1.29 is 49.3 Å². The Hall–Kier alpha value is -2.38. The summed E-state index contributed by atoms with van der Waals surface area (Å²) >= 11 is 0. The van der Waals surface area contributed by atoms with Gasteiger partial charge in [0.25, 0.3) is 0 Å². The molecule has 8 unspecified atom stereocenters. The maximum absolute atomic E-state index is 13.5. The van der Waals surface area contributed by atoms with Crippen molar-refractivity contribution in [2.45, 2.75) is 416 Å². The SMILES string of the molecule is CCCCC/C=C\C/C=C\C/C=C\CCCCCCCCCCCCCCC(=O)OC1C(OCC(NC(=O)C(O)CCCCCCCCCCCCCCCCCCCCCCCC)C(O)/C=C/CCCCCCCCCCCC)OC(CO)C(O)C1O. The van der Waals surface area contributed by atoms with Gasteiger partial charge in [0.15, 0.2) is 12.4 Å². The van der Waals surface area contributed by atoms with Gasteiger partial charge < -0.3 is 45.1 Å². The molecule has 1 fully saturated rings. The third-order valence-corrected chi connectivity index (χ3v) is 18.0. The lowest BCUT2D eigenvalue weighted by Crippen LogP contribution is -2.61. The molecule has 0 radical (unpaired) electrons. The van der Waals surface area contributed by atoms with Gasteiger partial charge >= 0.3 is 5.97 Å². The zero-order chi connectivity index (χ0) is 63.9. The zero-order valence-electron chi connectivity index (χ0n) is 57.6. The van der Waals surface area contributed by atoms with E-state index < -0.39 is 67.4 Å². The number of aliphatic hydroxyl groups is 5. The van der Waals surface area contributed by atoms with Crippen molar-refractivity contribution in [3.8, 4) is 0 Å². The third kappa shape index (κ3) is 51.2. The Kier molecular flexibility index (Phi) is 61.5. The summed E-state index contributed by atoms with van der Waals surface area (Å²) in [6, 6.07) is -1.02. The lowest BCUT2D eigenvalue weighted by molar-refractivity contribution is -0.305. The molecule has 1 amide bonds. The van der Waals surface area contributed by atoms with Crippen LogP contribution in [0.3, 0.4) is 0 Å². The predicted octanol–water partition coefficient (Wildman–Crippen LogP) is 19.9. The lowest BCUT2D eigenvalue weighted by Gasteiger charge is -2.41. The van der Waals surface area contributed by atoms with Gasteiger partial charge in [-0.15, -0.1) is 0 Å². The van der Waals surface area contributed by atoms with E-state index in [2.05, 4.69) is 62.5 Å². The van der Waals surface area contributed by atoms with Gasteiger partial charge in [-0.25, -0.2) is 0 Å². The van der Waals surface area contributed by atoms with Gasteiger partial charge in [-0.1, -0.05) is 345 Å². The Balaban J connectivity index is 2.52. The number of hydrogen-bond donors (Lipinski definition) is 6. The summed E-state index contributed by atoms with van der Waals surface area (Å²) in [4.78, 5) is 26.7. The highest BCUT2D eigenvalue weighted by Gasteiger charge is 2.47. The highest BCUT2D eigenvalue weighted by atomic mass is 16.7. The first-order valence-corrected chi connectivity index (χ1v) is 37.9. The lowest BCUT2D eigenvalue weighted by atomic mass is 9.99. The van der Waals surface area contributed by atoms with E-state index in [-0.39, 0.29) is 13.0 Å². The number of amides is 1. The van der Waals surface area contributed by atoms with Crippen molar-refractivity contribution in [1.29, 1.82) is 0 Å². The Morgan fingerprint density at radius 3 is 1.19 bits per heavy atom. The molecule has 11 nitrogen and oxygen atoms in total. The van der Waals surface area contributed by atoms with Crippen molar-refractivity contribution >= 4 is 11.9 Å². The van der Waals surface area contributed by atoms with Crippen LogP contribution in [0.1, 0.15) is 367 Å². The minimum Gasteiger partial charge on any atom is -0.454 e. The first kappa shape index (κ1) is 83.6. The van der Waals surface area contributed by atoms with Crippen molar-refractivity contribution in [2.75, 3.05) is 13.2 Å². The molecule has 516 valence electrons. The van der Waals surface area contributed by atoms with Crippen LogP contribution in [0.2, 0.25) is 0 Å². The molecule has 11 heteroatoms. The highest BCUT2D eigenvalue weighted by molar-refractivity contribution is 5.80. The number of rotatable bonds is 66. The molecular formula is C77H143NO10. The van der Waals surface area contributed by atoms with Crippen LogP contribution in [0, 0.1) is 0 Å². The molecule has 1 saturated heterocycles. The van der Waals surface area contributed by atoms with E-state index in [0.29, 0.717) is 19.3 Å². The largest absolute Gasteiger partial charge is 0.454 e. The first-order valence-electron chi connectivity index (χ1n) is 37.9. The van der Waals surface area contributed by atoms with E-state index in [1.54, 1.807) is 6.08 Å². The molecule has 6 N–H and O–H groups in total. The molecule has 0 aliphatic carbocycles. The average molecular weight is 1240 g/mol. The molecule has 0 saturated carbocycles. The van der Waals surface area contributed by atoms with Crippen LogP contribution in [0.5, 0.6) is 0 Å². The molecule has 88 heavy (non-hydrogen) atoms. The molecule has 1 rings (SSSR count). The summed E-state index contributed by atoms with van der Waals surface area (Å²) in [5, 5.41) is 57.3. The fourth-order valence-electron chi connectivity index (χ4n) is 12.0. The number of hydrogen-bond acceptors (Lipinski definition) is 10. The van der Waals surface area contributed by atoms with Crippen LogP contribution in [-0.4, -0.2) is 99.6 Å². The zero-order valence-corrected chi connectivity index (χ0v) is 57.6. The van der Waals surface area contributed by atoms with Crippen molar-refractivity contribution in [3.63, 3.8) is 0 Å². The quantitative estimate of drug-likeness (QED) is 0.0195. The normalized spacial score (nSPS) is 18.4. The number of aliphatic hydroxyl groups excluding tert-OH is 5. The standard InChI is InChI=1S/C77H143NO10/c1-4-7-10-13-16-19-22-25-27-29-31-33-35-36-37-39-41-43-45-47-50-53-56-59-62-65-72(82)88-75-74(84)73(83)71(66-79)87-77(75)86-67-68(69(80)63-60-57-54-51-48-24-21-18-15-12-9-6-3)78-76(85)70(81)64-61-58-55-52-49-46-44-42-40-38-34-32-30-28-26-23-20-17-14-11-8-5-2/h16,19,25,27,31,33,60,63,68-71,73-75,77,79-81,83-84H,4-15,17-18,20-24,26,28-30,32,34-59,61-62,64-67H2,1-3H3,(H,78,85)/b19-16-,27-25-,33-31-,63-60+. The molecule has 0 aromatic carbocycles. The summed E-state index contributed by atoms with van der Waals surface area (Å²) in [5.74, 6) is -1.18. The van der Waals surface area contributed by atoms with Crippen LogP contribution in [-0.2, 0) is 23.8 Å². The molecule has 1 aliphatic heterocycles. The maximum atomic E-state index is 13.5. The predicted molar refractivity (Wildman–Crippen MR) is 370 cm³/mol. The average Bonchev–Trinajstić information content (AvgIpc) is 2.54. The van der Waals surface area contributed by atoms with Gasteiger partial charge in [0.1, 0.15) is 24.4 Å². The van der Waals surface area contributed by atoms with Crippen LogP contribution >= 0.6 is 0 Å². The van der Waals surface area contributed by atoms with Crippen molar-refractivity contribution in [1.82, 2.24) is 5.32 Å². The van der Waals surface area contributed by atoms with E-state index in [0.717, 1.165) is 70.6 Å². The Morgan fingerprint density at radius 2 is 0.784 bits per heavy atom. The number of esters is 1. The minimum atomic E-state index is -1.61. The topological polar surface area (TPSA) is 175 Å². The summed E-state index contributed by atoms with van der Waals surface area (Å²) in [6.45, 7) is 5.82. The first-order chi connectivity index (χ1) is 43.2. The summed E-state index contributed by atoms with van der Waals surface area (Å²) in [7, 11) is 0. The summed E-state index contributed by atoms with van der Waals surface area (Å²) in [6.07, 6.45) is 71.6. The second-order valence-corrected chi connectivity index (χ2v) is 26.4. The molecular weight excluding hydrogens is 1100 g/mol. The fourth-order valence-corrected chi connectivity index (χ4v) is 12.0. The Morgan fingerprint density at radius 1 is 0.443 bits per heavy atom. The maximum Gasteiger partial charge on any atom is 0.306 e. The monoisotopic (exact) mass is 1240 g/mol. The van der Waals surface area contributed by atoms with E-state index in [4.69, 9.17) is 14.2 Å². The molecule has 1 aliphatic rings. The second-order valence-electron chi connectivity index (χ2n) is 26.4. The Bertz CT molecular complexity index is 1620. The van der Waals surface area contributed by atoms with Gasteiger partial charge in [-0.3, -0.25) is 9.59 Å². The molecule has 0 aromatic rings. The van der Waals surface area contributed by atoms with Crippen LogP contribution in [0.4, 0.5) is 0 Å². The van der Waals surface area contributed by atoms with Crippen molar-refractivity contribution in [2.24, 2.45) is 0 Å². The highest BCUT2D eigenvalue weighted by Crippen LogP contribution is 2.27. The minimum absolute atomic E-state index is 0.123. The van der Waals surface area contributed by atoms with Gasteiger partial charge in [-0.05, 0) is 64.2 Å². The molecule has 0 spiro atoms. The van der Waals surface area contributed by atoms with Gasteiger partial charge in [-0.2, -0.15) is 0 Å². The van der Waals surface area contributed by atoms with E-state index in [9.17, 15) is 35.1 Å². The molecule has 0 bridgehead atoms. The molecule has 8 atom stereocenters. The molecule has 1 heterocycles. The fraction of sp³-hybridized carbons (Fsp3) is 0.870. The Labute approximate surface area is 542 Å². The summed E-state index contributed by atoms with van der Waals surface area (Å²) in [5.41, 5.74) is 0. The van der Waals surface area contributed by atoms with E-state index >= 15 is 0 Å². The van der Waals surface area contributed by atoms with E-state index in [1.165, 1.54) is 250 Å². The number of ether oxygens (including phenoxy) is 3. The third-order valence-electron chi connectivity index (χ3n) is 18.0. The van der Waals surface area contributed by atoms with Gasteiger partial charge in [0, 0.05) is 6.42 Å². The van der Waals surface area contributed by atoms with Crippen LogP contribution in [0.25, 0.3) is 0 Å². The number of carbonyl (C=O) groups is 2. The second kappa shape index (κ2) is 64.7. The summed E-state index contributed by atoms with van der Waals surface area (Å²) < 4.78 is 17.7.